The van der Waals surface area contributed by atoms with Gasteiger partial charge in [0.15, 0.2) is 5.11 Å². The zero-order valence-corrected chi connectivity index (χ0v) is 10.3. The van der Waals surface area contributed by atoms with E-state index in [2.05, 4.69) is 10.6 Å². The molecule has 1 amide bonds. The largest absolute Gasteiger partial charge is 0.501 e. The van der Waals surface area contributed by atoms with E-state index < -0.39 is 0 Å². The van der Waals surface area contributed by atoms with Crippen molar-refractivity contribution in [3.8, 4) is 0 Å². The van der Waals surface area contributed by atoms with Crippen LogP contribution in [-0.2, 0) is 9.53 Å². The Hall–Kier alpha value is -1.88. The lowest BCUT2D eigenvalue weighted by molar-refractivity contribution is -0.115. The van der Waals surface area contributed by atoms with Gasteiger partial charge in [-0.25, -0.2) is 0 Å². The lowest BCUT2D eigenvalue weighted by Gasteiger charge is -2.07. The van der Waals surface area contributed by atoms with Gasteiger partial charge in [0.05, 0.1) is 12.9 Å². The summed E-state index contributed by atoms with van der Waals surface area (Å²) in [6.07, 6.45) is 2.61. The standard InChI is InChI=1S/C12H14N2O2S/c1-2-16-9-8-11(15)14-12(17)13-10-6-4-3-5-7-10/h3-9H,2H2,1H3,(H2,13,14,15,17)/b9-8+. The maximum atomic E-state index is 11.3. The molecule has 0 aliphatic rings. The van der Waals surface area contributed by atoms with E-state index in [4.69, 9.17) is 17.0 Å². The molecule has 90 valence electrons. The van der Waals surface area contributed by atoms with Crippen LogP contribution >= 0.6 is 12.2 Å². The molecule has 0 atom stereocenters. The number of nitrogens with one attached hydrogen (secondary N) is 2. The Morgan fingerprint density at radius 1 is 1.41 bits per heavy atom. The lowest BCUT2D eigenvalue weighted by Crippen LogP contribution is -2.32. The van der Waals surface area contributed by atoms with E-state index in [9.17, 15) is 4.79 Å². The fraction of sp³-hybridized carbons (Fsp3) is 0.167. The number of amides is 1. The van der Waals surface area contributed by atoms with Crippen molar-refractivity contribution in [2.45, 2.75) is 6.92 Å². The molecule has 0 aliphatic heterocycles. The van der Waals surface area contributed by atoms with Crippen molar-refractivity contribution in [2.24, 2.45) is 0 Å². The maximum Gasteiger partial charge on any atom is 0.253 e. The Kier molecular flexibility index (Phi) is 5.74. The van der Waals surface area contributed by atoms with Crippen LogP contribution in [0.3, 0.4) is 0 Å². The molecule has 0 aliphatic carbocycles. The van der Waals surface area contributed by atoms with Gasteiger partial charge in [0.25, 0.3) is 5.91 Å². The molecule has 17 heavy (non-hydrogen) atoms. The highest BCUT2D eigenvalue weighted by Crippen LogP contribution is 2.04. The first-order chi connectivity index (χ1) is 8.22. The summed E-state index contributed by atoms with van der Waals surface area (Å²) in [6, 6.07) is 9.37. The number of hydrogen-bond acceptors (Lipinski definition) is 3. The van der Waals surface area contributed by atoms with Gasteiger partial charge in [-0.05, 0) is 31.3 Å². The third kappa shape index (κ3) is 5.67. The van der Waals surface area contributed by atoms with Gasteiger partial charge in [-0.2, -0.15) is 0 Å². The van der Waals surface area contributed by atoms with E-state index in [0.29, 0.717) is 6.61 Å². The molecule has 4 nitrogen and oxygen atoms in total. The summed E-state index contributed by atoms with van der Waals surface area (Å²) in [5, 5.41) is 5.64. The fourth-order valence-corrected chi connectivity index (χ4v) is 1.26. The molecule has 0 heterocycles. The van der Waals surface area contributed by atoms with E-state index in [0.717, 1.165) is 5.69 Å². The van der Waals surface area contributed by atoms with Crippen molar-refractivity contribution in [2.75, 3.05) is 11.9 Å². The Balaban J connectivity index is 2.37. The molecular formula is C12H14N2O2S. The summed E-state index contributed by atoms with van der Waals surface area (Å²) in [5.74, 6) is -0.327. The summed E-state index contributed by atoms with van der Waals surface area (Å²) in [4.78, 5) is 11.3. The number of thiocarbonyl (C=S) groups is 1. The molecule has 1 aromatic rings. The average Bonchev–Trinajstić information content (AvgIpc) is 2.30. The molecule has 0 saturated carbocycles. The molecule has 0 bridgehead atoms. The highest BCUT2D eigenvalue weighted by Gasteiger charge is 2.00. The second kappa shape index (κ2) is 7.40. The predicted octanol–water partition coefficient (Wildman–Crippen LogP) is 2.05. The second-order valence-electron chi connectivity index (χ2n) is 3.07. The van der Waals surface area contributed by atoms with Gasteiger partial charge >= 0.3 is 0 Å². The van der Waals surface area contributed by atoms with Crippen molar-refractivity contribution in [3.63, 3.8) is 0 Å². The monoisotopic (exact) mass is 250 g/mol. The fourth-order valence-electron chi connectivity index (χ4n) is 1.04. The molecule has 0 radical (unpaired) electrons. The maximum absolute atomic E-state index is 11.3. The van der Waals surface area contributed by atoms with E-state index in [1.807, 2.05) is 37.3 Å². The van der Waals surface area contributed by atoms with Crippen LogP contribution in [0.4, 0.5) is 5.69 Å². The molecule has 2 N–H and O–H groups in total. The Morgan fingerprint density at radius 3 is 2.76 bits per heavy atom. The molecule has 0 saturated heterocycles. The summed E-state index contributed by atoms with van der Waals surface area (Å²) in [5.41, 5.74) is 0.826. The number of para-hydroxylation sites is 1. The predicted molar refractivity (Wildman–Crippen MR) is 71.6 cm³/mol. The first kappa shape index (κ1) is 13.2. The minimum Gasteiger partial charge on any atom is -0.501 e. The van der Waals surface area contributed by atoms with Gasteiger partial charge in [-0.3, -0.25) is 10.1 Å². The van der Waals surface area contributed by atoms with Crippen LogP contribution in [0.5, 0.6) is 0 Å². The van der Waals surface area contributed by atoms with Crippen molar-refractivity contribution < 1.29 is 9.53 Å². The van der Waals surface area contributed by atoms with Crippen molar-refractivity contribution >= 4 is 28.9 Å². The summed E-state index contributed by atoms with van der Waals surface area (Å²) < 4.78 is 4.90. The van der Waals surface area contributed by atoms with Crippen LogP contribution in [0.15, 0.2) is 42.7 Å². The van der Waals surface area contributed by atoms with Crippen molar-refractivity contribution in [1.82, 2.24) is 5.32 Å². The van der Waals surface area contributed by atoms with Crippen LogP contribution in [0.25, 0.3) is 0 Å². The zero-order chi connectivity index (χ0) is 12.5. The number of carbonyl (C=O) groups is 1. The number of carbonyl (C=O) groups excluding carboxylic acids is 1. The van der Waals surface area contributed by atoms with E-state index in [1.54, 1.807) is 0 Å². The molecule has 1 rings (SSSR count). The van der Waals surface area contributed by atoms with Gasteiger partial charge in [-0.1, -0.05) is 18.2 Å². The molecule has 0 aromatic heterocycles. The van der Waals surface area contributed by atoms with Gasteiger partial charge < -0.3 is 10.1 Å². The van der Waals surface area contributed by atoms with E-state index in [1.165, 1.54) is 12.3 Å². The van der Waals surface area contributed by atoms with Crippen molar-refractivity contribution in [3.05, 3.63) is 42.7 Å². The molecular weight excluding hydrogens is 236 g/mol. The number of anilines is 1. The minimum absolute atomic E-state index is 0.252. The SMILES string of the molecule is CCO/C=C/C(=O)NC(=S)Nc1ccccc1. The van der Waals surface area contributed by atoms with E-state index in [-0.39, 0.29) is 11.0 Å². The smallest absolute Gasteiger partial charge is 0.253 e. The second-order valence-corrected chi connectivity index (χ2v) is 3.48. The van der Waals surface area contributed by atoms with Gasteiger partial charge in [-0.15, -0.1) is 0 Å². The van der Waals surface area contributed by atoms with Crippen LogP contribution in [-0.4, -0.2) is 17.6 Å². The van der Waals surface area contributed by atoms with Crippen LogP contribution in [0, 0.1) is 0 Å². The van der Waals surface area contributed by atoms with Crippen LogP contribution in [0.2, 0.25) is 0 Å². The lowest BCUT2D eigenvalue weighted by atomic mass is 10.3. The summed E-state index contributed by atoms with van der Waals surface area (Å²) >= 11 is 4.97. The zero-order valence-electron chi connectivity index (χ0n) is 9.47. The number of benzene rings is 1. The molecule has 0 unspecified atom stereocenters. The molecule has 5 heteroatoms. The summed E-state index contributed by atoms with van der Waals surface area (Å²) in [7, 11) is 0. The Morgan fingerprint density at radius 2 is 2.12 bits per heavy atom. The molecule has 0 fully saturated rings. The van der Waals surface area contributed by atoms with Gasteiger partial charge in [0.2, 0.25) is 0 Å². The first-order valence-electron chi connectivity index (χ1n) is 5.17. The van der Waals surface area contributed by atoms with Crippen LogP contribution in [0.1, 0.15) is 6.92 Å². The molecule has 0 spiro atoms. The Labute approximate surface area is 106 Å². The van der Waals surface area contributed by atoms with Gasteiger partial charge in [0.1, 0.15) is 0 Å². The average molecular weight is 250 g/mol. The topological polar surface area (TPSA) is 50.4 Å². The van der Waals surface area contributed by atoms with Gasteiger partial charge in [0, 0.05) is 11.8 Å². The third-order valence-corrected chi connectivity index (χ3v) is 1.95. The minimum atomic E-state index is -0.327. The highest BCUT2D eigenvalue weighted by molar-refractivity contribution is 7.80. The quantitative estimate of drug-likeness (QED) is 0.488. The number of hydrogen-bond donors (Lipinski definition) is 2. The number of ether oxygens (including phenoxy) is 1. The Bertz CT molecular complexity index is 404. The number of rotatable bonds is 4. The highest BCUT2D eigenvalue weighted by atomic mass is 32.1. The normalized spacial score (nSPS) is 9.94. The van der Waals surface area contributed by atoms with Crippen LogP contribution < -0.4 is 10.6 Å². The van der Waals surface area contributed by atoms with E-state index >= 15 is 0 Å². The first-order valence-corrected chi connectivity index (χ1v) is 5.58. The summed E-state index contributed by atoms with van der Waals surface area (Å²) in [6.45, 7) is 2.36. The van der Waals surface area contributed by atoms with Crippen molar-refractivity contribution in [1.29, 1.82) is 0 Å². The molecule has 1 aromatic carbocycles. The third-order valence-electron chi connectivity index (χ3n) is 1.75.